The molecule has 0 amide bonds. The van der Waals surface area contributed by atoms with Crippen LogP contribution in [-0.2, 0) is 0 Å². The summed E-state index contributed by atoms with van der Waals surface area (Å²) in [5.41, 5.74) is 1.24. The number of carboxylic acid groups (broad SMARTS) is 1. The summed E-state index contributed by atoms with van der Waals surface area (Å²) in [6, 6.07) is 4.58. The Kier molecular flexibility index (Phi) is 3.64. The van der Waals surface area contributed by atoms with Crippen molar-refractivity contribution in [3.8, 4) is 0 Å². The number of carboxylic acids is 1. The van der Waals surface area contributed by atoms with Crippen LogP contribution in [0.4, 0.5) is 0 Å². The Morgan fingerprint density at radius 1 is 1.35 bits per heavy atom. The SMILES string of the molecule is CSc1nnc(Sc2nc3ccc(C(=O)O)cc3o2)s1. The summed E-state index contributed by atoms with van der Waals surface area (Å²) in [6.45, 7) is 0. The number of benzene rings is 1. The molecule has 20 heavy (non-hydrogen) atoms. The van der Waals surface area contributed by atoms with Gasteiger partial charge >= 0.3 is 5.97 Å². The molecule has 0 saturated carbocycles. The lowest BCUT2D eigenvalue weighted by atomic mass is 10.2. The Bertz CT molecular complexity index is 783. The summed E-state index contributed by atoms with van der Waals surface area (Å²) < 4.78 is 7.13. The lowest BCUT2D eigenvalue weighted by molar-refractivity contribution is 0.0697. The van der Waals surface area contributed by atoms with Gasteiger partial charge in [-0.25, -0.2) is 9.78 Å². The van der Waals surface area contributed by atoms with E-state index in [4.69, 9.17) is 9.52 Å². The number of oxazole rings is 1. The van der Waals surface area contributed by atoms with Gasteiger partial charge in [0.15, 0.2) is 14.3 Å². The zero-order valence-electron chi connectivity index (χ0n) is 10.1. The summed E-state index contributed by atoms with van der Waals surface area (Å²) in [4.78, 5) is 15.2. The average molecular weight is 325 g/mol. The highest BCUT2D eigenvalue weighted by atomic mass is 32.2. The van der Waals surface area contributed by atoms with Crippen LogP contribution in [0.25, 0.3) is 11.1 Å². The van der Waals surface area contributed by atoms with Crippen molar-refractivity contribution < 1.29 is 14.3 Å². The molecule has 0 bridgehead atoms. The van der Waals surface area contributed by atoms with Gasteiger partial charge in [-0.15, -0.1) is 10.2 Å². The van der Waals surface area contributed by atoms with Crippen LogP contribution in [0, 0.1) is 0 Å². The zero-order valence-corrected chi connectivity index (χ0v) is 12.5. The Morgan fingerprint density at radius 3 is 2.85 bits per heavy atom. The molecular formula is C11H7N3O3S3. The monoisotopic (exact) mass is 325 g/mol. The number of fused-ring (bicyclic) bond motifs is 1. The molecule has 9 heteroatoms. The number of carbonyl (C=O) groups is 1. The van der Waals surface area contributed by atoms with Crippen LogP contribution in [0.2, 0.25) is 0 Å². The maximum Gasteiger partial charge on any atom is 0.335 e. The van der Waals surface area contributed by atoms with Crippen molar-refractivity contribution in [2.75, 3.05) is 6.26 Å². The second kappa shape index (κ2) is 5.43. The first-order valence-corrected chi connectivity index (χ1v) is 8.21. The number of thioether (sulfide) groups is 1. The second-order valence-electron chi connectivity index (χ2n) is 3.61. The zero-order chi connectivity index (χ0) is 14.1. The third-order valence-electron chi connectivity index (χ3n) is 2.35. The topological polar surface area (TPSA) is 89.1 Å². The molecule has 3 aromatic rings. The second-order valence-corrected chi connectivity index (χ2v) is 6.84. The van der Waals surface area contributed by atoms with E-state index < -0.39 is 5.97 Å². The van der Waals surface area contributed by atoms with Gasteiger partial charge in [0.1, 0.15) is 5.52 Å². The van der Waals surface area contributed by atoms with Gasteiger partial charge in [-0.3, -0.25) is 0 Å². The fourth-order valence-electron chi connectivity index (χ4n) is 1.48. The first kappa shape index (κ1) is 13.4. The van der Waals surface area contributed by atoms with Crippen LogP contribution in [0.5, 0.6) is 0 Å². The van der Waals surface area contributed by atoms with E-state index in [1.165, 1.54) is 47.0 Å². The van der Waals surface area contributed by atoms with Crippen LogP contribution >= 0.6 is 34.9 Å². The number of hydrogen-bond acceptors (Lipinski definition) is 8. The average Bonchev–Trinajstić information content (AvgIpc) is 3.03. The van der Waals surface area contributed by atoms with E-state index in [1.807, 2.05) is 6.26 Å². The quantitative estimate of drug-likeness (QED) is 0.731. The van der Waals surface area contributed by atoms with Gasteiger partial charge in [-0.05, 0) is 24.5 Å². The smallest absolute Gasteiger partial charge is 0.335 e. The van der Waals surface area contributed by atoms with Gasteiger partial charge in [0.05, 0.1) is 5.56 Å². The van der Waals surface area contributed by atoms with E-state index in [9.17, 15) is 4.79 Å². The van der Waals surface area contributed by atoms with E-state index in [1.54, 1.807) is 6.07 Å². The Hall–Kier alpha value is -1.58. The van der Waals surface area contributed by atoms with E-state index in [0.29, 0.717) is 16.3 Å². The molecule has 3 rings (SSSR count). The van der Waals surface area contributed by atoms with Crippen molar-refractivity contribution in [3.63, 3.8) is 0 Å². The predicted octanol–water partition coefficient (Wildman–Crippen LogP) is 3.25. The molecule has 102 valence electrons. The summed E-state index contributed by atoms with van der Waals surface area (Å²) >= 11 is 4.25. The number of rotatable bonds is 4. The molecular weight excluding hydrogens is 318 g/mol. The van der Waals surface area contributed by atoms with Crippen molar-refractivity contribution in [1.82, 2.24) is 15.2 Å². The largest absolute Gasteiger partial charge is 0.478 e. The molecule has 0 spiro atoms. The van der Waals surface area contributed by atoms with E-state index in [-0.39, 0.29) is 5.56 Å². The molecule has 0 fully saturated rings. The van der Waals surface area contributed by atoms with Crippen molar-refractivity contribution in [3.05, 3.63) is 23.8 Å². The standard InChI is InChI=1S/C11H7N3O3S3/c1-18-10-13-14-11(20-10)19-9-12-6-3-2-5(8(15)16)4-7(6)17-9/h2-4H,1H3,(H,15,16). The Labute approximate surface area is 125 Å². The summed E-state index contributed by atoms with van der Waals surface area (Å²) in [6.07, 6.45) is 1.93. The minimum absolute atomic E-state index is 0.172. The fourth-order valence-corrected chi connectivity index (χ4v) is 3.76. The minimum atomic E-state index is -0.994. The predicted molar refractivity (Wildman–Crippen MR) is 76.8 cm³/mol. The molecule has 2 aromatic heterocycles. The highest BCUT2D eigenvalue weighted by Crippen LogP contribution is 2.33. The number of nitrogens with zero attached hydrogens (tertiary/aromatic N) is 3. The van der Waals surface area contributed by atoms with Crippen LogP contribution in [-0.4, -0.2) is 32.5 Å². The molecule has 2 heterocycles. The maximum absolute atomic E-state index is 10.9. The molecule has 0 saturated heterocycles. The molecule has 1 N–H and O–H groups in total. The van der Waals surface area contributed by atoms with Gasteiger partial charge in [-0.1, -0.05) is 23.1 Å². The van der Waals surface area contributed by atoms with Crippen molar-refractivity contribution in [2.24, 2.45) is 0 Å². The fraction of sp³-hybridized carbons (Fsp3) is 0.0909. The van der Waals surface area contributed by atoms with Crippen LogP contribution in [0.1, 0.15) is 10.4 Å². The third kappa shape index (κ3) is 2.65. The van der Waals surface area contributed by atoms with Gasteiger partial charge in [0, 0.05) is 11.8 Å². The van der Waals surface area contributed by atoms with Crippen molar-refractivity contribution >= 4 is 51.9 Å². The van der Waals surface area contributed by atoms with Gasteiger partial charge in [0.2, 0.25) is 0 Å². The van der Waals surface area contributed by atoms with E-state index in [0.717, 1.165) is 8.68 Å². The number of hydrogen-bond donors (Lipinski definition) is 1. The lowest BCUT2D eigenvalue weighted by Crippen LogP contribution is -1.94. The first-order valence-electron chi connectivity index (χ1n) is 5.35. The molecule has 1 aromatic carbocycles. The minimum Gasteiger partial charge on any atom is -0.478 e. The first-order chi connectivity index (χ1) is 9.65. The van der Waals surface area contributed by atoms with Gasteiger partial charge in [0.25, 0.3) is 5.22 Å². The molecule has 0 atom stereocenters. The number of aromatic nitrogens is 3. The van der Waals surface area contributed by atoms with Gasteiger partial charge < -0.3 is 9.52 Å². The van der Waals surface area contributed by atoms with Gasteiger partial charge in [-0.2, -0.15) is 0 Å². The highest BCUT2D eigenvalue weighted by Gasteiger charge is 2.13. The molecule has 0 aliphatic carbocycles. The lowest BCUT2D eigenvalue weighted by Gasteiger charge is -1.91. The van der Waals surface area contributed by atoms with Crippen molar-refractivity contribution in [2.45, 2.75) is 13.9 Å². The molecule has 0 aliphatic rings. The molecule has 0 aliphatic heterocycles. The molecule has 0 unspecified atom stereocenters. The van der Waals surface area contributed by atoms with E-state index >= 15 is 0 Å². The Balaban J connectivity index is 1.90. The number of aromatic carboxylic acids is 1. The Morgan fingerprint density at radius 2 is 2.15 bits per heavy atom. The summed E-state index contributed by atoms with van der Waals surface area (Å²) in [5.74, 6) is -0.994. The third-order valence-corrected chi connectivity index (χ3v) is 5.15. The molecule has 0 radical (unpaired) electrons. The van der Waals surface area contributed by atoms with Crippen molar-refractivity contribution in [1.29, 1.82) is 0 Å². The van der Waals surface area contributed by atoms with E-state index in [2.05, 4.69) is 15.2 Å². The summed E-state index contributed by atoms with van der Waals surface area (Å²) in [5, 5.41) is 17.4. The highest BCUT2D eigenvalue weighted by molar-refractivity contribution is 8.02. The summed E-state index contributed by atoms with van der Waals surface area (Å²) in [7, 11) is 0. The normalized spacial score (nSPS) is 11.1. The molecule has 6 nitrogen and oxygen atoms in total. The maximum atomic E-state index is 10.9. The van der Waals surface area contributed by atoms with Crippen LogP contribution in [0.3, 0.4) is 0 Å². The van der Waals surface area contributed by atoms with Crippen LogP contribution < -0.4 is 0 Å². The van der Waals surface area contributed by atoms with Crippen LogP contribution in [0.15, 0.2) is 36.5 Å².